The molecule has 0 spiro atoms. The Morgan fingerprint density at radius 1 is 1.37 bits per heavy atom. The molecule has 2 aliphatic heterocycles. The molecule has 1 saturated heterocycles. The Morgan fingerprint density at radius 3 is 2.93 bits per heavy atom. The molecule has 4 heterocycles. The number of ether oxygens (including phenoxy) is 1. The summed E-state index contributed by atoms with van der Waals surface area (Å²) in [7, 11) is 0. The van der Waals surface area contributed by atoms with E-state index in [1.165, 1.54) is 11.3 Å². The van der Waals surface area contributed by atoms with Gasteiger partial charge in [0.15, 0.2) is 5.13 Å². The maximum absolute atomic E-state index is 12.7. The lowest BCUT2D eigenvalue weighted by Gasteiger charge is -2.26. The van der Waals surface area contributed by atoms with E-state index in [0.717, 1.165) is 34.7 Å². The fourth-order valence-corrected chi connectivity index (χ4v) is 4.48. The van der Waals surface area contributed by atoms with Crippen LogP contribution in [-0.2, 0) is 33.7 Å². The highest BCUT2D eigenvalue weighted by molar-refractivity contribution is 7.15. The fraction of sp³-hybridized carbons (Fsp3) is 0.556. The van der Waals surface area contributed by atoms with Crippen LogP contribution in [-0.4, -0.2) is 46.1 Å². The molecule has 0 radical (unpaired) electrons. The van der Waals surface area contributed by atoms with Gasteiger partial charge in [-0.3, -0.25) is 14.9 Å². The quantitative estimate of drug-likeness (QED) is 0.857. The maximum atomic E-state index is 12.7. The molecule has 0 aliphatic carbocycles. The van der Waals surface area contributed by atoms with Crippen LogP contribution in [0.5, 0.6) is 0 Å². The van der Waals surface area contributed by atoms with Crippen LogP contribution in [0, 0.1) is 13.8 Å². The number of anilines is 1. The van der Waals surface area contributed by atoms with E-state index in [0.29, 0.717) is 37.0 Å². The summed E-state index contributed by atoms with van der Waals surface area (Å²) in [6, 6.07) is 0. The maximum Gasteiger partial charge on any atom is 0.255 e. The first-order chi connectivity index (χ1) is 13.0. The Balaban J connectivity index is 1.40. The van der Waals surface area contributed by atoms with Gasteiger partial charge in [-0.1, -0.05) is 16.5 Å². The molecule has 9 heteroatoms. The van der Waals surface area contributed by atoms with Crippen molar-refractivity contribution in [2.45, 2.75) is 52.2 Å². The molecule has 0 saturated carbocycles. The topological polar surface area (TPSA) is 97.6 Å². The first-order valence-corrected chi connectivity index (χ1v) is 9.93. The van der Waals surface area contributed by atoms with Crippen LogP contribution < -0.4 is 5.32 Å². The summed E-state index contributed by atoms with van der Waals surface area (Å²) in [6.45, 7) is 5.44. The third-order valence-electron chi connectivity index (χ3n) is 5.05. The number of rotatable bonds is 4. The Labute approximate surface area is 160 Å². The molecule has 8 nitrogen and oxygen atoms in total. The van der Waals surface area contributed by atoms with Gasteiger partial charge >= 0.3 is 0 Å². The van der Waals surface area contributed by atoms with Gasteiger partial charge in [0.2, 0.25) is 5.91 Å². The summed E-state index contributed by atoms with van der Waals surface area (Å²) < 4.78 is 10.5. The minimum atomic E-state index is -0.376. The van der Waals surface area contributed by atoms with E-state index in [1.807, 2.05) is 18.7 Å². The number of hydrogen-bond donors (Lipinski definition) is 1. The van der Waals surface area contributed by atoms with Crippen molar-refractivity contribution < 1.29 is 18.8 Å². The number of aryl methyl sites for hydroxylation is 2. The van der Waals surface area contributed by atoms with Gasteiger partial charge in [0.05, 0.1) is 24.4 Å². The molecule has 1 unspecified atom stereocenters. The van der Waals surface area contributed by atoms with E-state index in [4.69, 9.17) is 9.26 Å². The lowest BCUT2D eigenvalue weighted by Crippen LogP contribution is -2.36. The Morgan fingerprint density at radius 2 is 2.22 bits per heavy atom. The highest BCUT2D eigenvalue weighted by Gasteiger charge is 2.28. The molecule has 2 aromatic rings. The van der Waals surface area contributed by atoms with E-state index >= 15 is 0 Å². The van der Waals surface area contributed by atoms with Crippen LogP contribution >= 0.6 is 11.3 Å². The van der Waals surface area contributed by atoms with Crippen molar-refractivity contribution in [3.8, 4) is 0 Å². The molecule has 0 aromatic carbocycles. The fourth-order valence-electron chi connectivity index (χ4n) is 3.45. The zero-order valence-electron chi connectivity index (χ0n) is 15.4. The van der Waals surface area contributed by atoms with Crippen LogP contribution in [0.1, 0.15) is 40.4 Å². The predicted octanol–water partition coefficient (Wildman–Crippen LogP) is 1.99. The molecular weight excluding hydrogens is 368 g/mol. The first kappa shape index (κ1) is 18.1. The number of amides is 2. The number of hydrogen-bond acceptors (Lipinski definition) is 7. The van der Waals surface area contributed by atoms with E-state index in [2.05, 4.69) is 15.5 Å². The Bertz CT molecular complexity index is 849. The monoisotopic (exact) mass is 390 g/mol. The second-order valence-corrected chi connectivity index (χ2v) is 8.01. The van der Waals surface area contributed by atoms with Gasteiger partial charge in [-0.05, 0) is 26.7 Å². The second-order valence-electron chi connectivity index (χ2n) is 6.92. The molecule has 2 amide bonds. The van der Waals surface area contributed by atoms with Gasteiger partial charge in [-0.15, -0.1) is 0 Å². The van der Waals surface area contributed by atoms with Gasteiger partial charge in [0.25, 0.3) is 5.91 Å². The minimum Gasteiger partial charge on any atom is -0.368 e. The third kappa shape index (κ3) is 3.74. The van der Waals surface area contributed by atoms with Gasteiger partial charge in [0, 0.05) is 30.0 Å². The largest absolute Gasteiger partial charge is 0.368 e. The van der Waals surface area contributed by atoms with Crippen molar-refractivity contribution in [3.05, 3.63) is 27.6 Å². The number of fused-ring (bicyclic) bond motifs is 1. The number of nitrogens with zero attached hydrogens (tertiary/aromatic N) is 3. The second kappa shape index (κ2) is 7.40. The predicted molar refractivity (Wildman–Crippen MR) is 98.5 cm³/mol. The van der Waals surface area contributed by atoms with Gasteiger partial charge in [-0.25, -0.2) is 4.98 Å². The van der Waals surface area contributed by atoms with Gasteiger partial charge in [0.1, 0.15) is 11.9 Å². The highest BCUT2D eigenvalue weighted by Crippen LogP contribution is 2.29. The number of nitrogens with one attached hydrogen (secondary N) is 1. The van der Waals surface area contributed by atoms with Crippen molar-refractivity contribution >= 4 is 28.3 Å². The molecular formula is C18H22N4O4S. The van der Waals surface area contributed by atoms with Crippen molar-refractivity contribution in [2.24, 2.45) is 0 Å². The summed E-state index contributed by atoms with van der Waals surface area (Å²) in [5.41, 5.74) is 2.58. The zero-order chi connectivity index (χ0) is 19.0. The molecule has 0 bridgehead atoms. The zero-order valence-corrected chi connectivity index (χ0v) is 16.2. The van der Waals surface area contributed by atoms with Crippen LogP contribution in [0.2, 0.25) is 0 Å². The molecule has 27 heavy (non-hydrogen) atoms. The smallest absolute Gasteiger partial charge is 0.255 e. The van der Waals surface area contributed by atoms with Crippen LogP contribution in [0.3, 0.4) is 0 Å². The minimum absolute atomic E-state index is 0.0494. The van der Waals surface area contributed by atoms with Crippen LogP contribution in [0.4, 0.5) is 5.13 Å². The Hall–Kier alpha value is -2.26. The molecule has 1 atom stereocenters. The van der Waals surface area contributed by atoms with Crippen molar-refractivity contribution in [1.29, 1.82) is 0 Å². The number of carbonyl (C=O) groups is 2. The van der Waals surface area contributed by atoms with Crippen molar-refractivity contribution in [2.75, 3.05) is 18.5 Å². The number of aromatic nitrogens is 2. The first-order valence-electron chi connectivity index (χ1n) is 9.12. The highest BCUT2D eigenvalue weighted by atomic mass is 32.1. The average molecular weight is 390 g/mol. The normalized spacial score (nSPS) is 19.2. The standard InChI is InChI=1S/C18H22N4O4S/c1-10-12(11(2)26-21-10)8-16(23)22-6-5-13-15(9-22)27-18(19-13)20-17(24)14-4-3-7-25-14/h14H,3-9H2,1-2H3,(H,19,20,24). The molecule has 1 fully saturated rings. The van der Waals surface area contributed by atoms with E-state index in [-0.39, 0.29) is 24.3 Å². The molecule has 2 aliphatic rings. The average Bonchev–Trinajstić information content (AvgIpc) is 3.37. The number of carbonyl (C=O) groups excluding carboxylic acids is 2. The van der Waals surface area contributed by atoms with Crippen LogP contribution in [0.25, 0.3) is 0 Å². The van der Waals surface area contributed by atoms with E-state index < -0.39 is 0 Å². The van der Waals surface area contributed by atoms with Crippen molar-refractivity contribution in [3.63, 3.8) is 0 Å². The summed E-state index contributed by atoms with van der Waals surface area (Å²) in [4.78, 5) is 32.3. The van der Waals surface area contributed by atoms with Gasteiger partial charge < -0.3 is 14.2 Å². The number of thiazole rings is 1. The summed E-state index contributed by atoms with van der Waals surface area (Å²) in [5.74, 6) is 0.605. The van der Waals surface area contributed by atoms with Crippen LogP contribution in [0.15, 0.2) is 4.52 Å². The molecule has 4 rings (SSSR count). The van der Waals surface area contributed by atoms with E-state index in [9.17, 15) is 9.59 Å². The molecule has 1 N–H and O–H groups in total. The lowest BCUT2D eigenvalue weighted by molar-refractivity contribution is -0.131. The molecule has 144 valence electrons. The lowest BCUT2D eigenvalue weighted by atomic mass is 10.1. The summed E-state index contributed by atoms with van der Waals surface area (Å²) in [5, 5.41) is 7.35. The Kier molecular flexibility index (Phi) is 4.96. The SMILES string of the molecule is Cc1noc(C)c1CC(=O)N1CCc2nc(NC(=O)C3CCCO3)sc2C1. The third-order valence-corrected chi connectivity index (χ3v) is 6.04. The summed E-state index contributed by atoms with van der Waals surface area (Å²) in [6.07, 6.45) is 2.27. The molecule has 2 aromatic heterocycles. The van der Waals surface area contributed by atoms with E-state index in [1.54, 1.807) is 0 Å². The van der Waals surface area contributed by atoms with Gasteiger partial charge in [-0.2, -0.15) is 0 Å². The van der Waals surface area contributed by atoms with Crippen molar-refractivity contribution in [1.82, 2.24) is 15.0 Å². The summed E-state index contributed by atoms with van der Waals surface area (Å²) >= 11 is 1.43.